The van der Waals surface area contributed by atoms with Gasteiger partial charge in [-0.05, 0) is 29.8 Å². The third-order valence-electron chi connectivity index (χ3n) is 4.23. The second kappa shape index (κ2) is 6.91. The van der Waals surface area contributed by atoms with Crippen LogP contribution in [0.2, 0.25) is 0 Å². The smallest absolute Gasteiger partial charge is 0.245 e. The van der Waals surface area contributed by atoms with Gasteiger partial charge in [-0.2, -0.15) is 5.26 Å². The SMILES string of the molecule is N#Cc1cccc(-c2cn(CC(CO)C(F)F)c3cc(N)ccc23)c1. The minimum absolute atomic E-state index is 0.0218. The van der Waals surface area contributed by atoms with Crippen LogP contribution >= 0.6 is 0 Å². The van der Waals surface area contributed by atoms with Gasteiger partial charge in [0.05, 0.1) is 29.7 Å². The minimum Gasteiger partial charge on any atom is -0.399 e. The number of nitriles is 1. The van der Waals surface area contributed by atoms with Crippen molar-refractivity contribution >= 4 is 16.6 Å². The van der Waals surface area contributed by atoms with Crippen molar-refractivity contribution in [3.05, 3.63) is 54.2 Å². The molecule has 6 heteroatoms. The summed E-state index contributed by atoms with van der Waals surface area (Å²) in [5.74, 6) is -1.16. The Labute approximate surface area is 143 Å². The van der Waals surface area contributed by atoms with Gasteiger partial charge >= 0.3 is 0 Å². The molecule has 0 amide bonds. The number of nitrogens with two attached hydrogens (primary N) is 1. The summed E-state index contributed by atoms with van der Waals surface area (Å²) in [5.41, 5.74) is 9.28. The van der Waals surface area contributed by atoms with Crippen LogP contribution in [-0.4, -0.2) is 22.7 Å². The Hall–Kier alpha value is -2.91. The maximum absolute atomic E-state index is 13.1. The zero-order chi connectivity index (χ0) is 18.0. The first-order valence-electron chi connectivity index (χ1n) is 7.81. The second-order valence-electron chi connectivity index (χ2n) is 5.94. The van der Waals surface area contributed by atoms with Crippen molar-refractivity contribution in [1.82, 2.24) is 4.57 Å². The van der Waals surface area contributed by atoms with Gasteiger partial charge in [0.25, 0.3) is 0 Å². The number of hydrogen-bond acceptors (Lipinski definition) is 3. The predicted octanol–water partition coefficient (Wildman–Crippen LogP) is 3.64. The van der Waals surface area contributed by atoms with E-state index in [0.717, 1.165) is 22.0 Å². The number of fused-ring (bicyclic) bond motifs is 1. The molecule has 0 aliphatic carbocycles. The number of anilines is 1. The lowest BCUT2D eigenvalue weighted by atomic mass is 10.0. The summed E-state index contributed by atoms with van der Waals surface area (Å²) in [6.45, 7) is -0.620. The van der Waals surface area contributed by atoms with Crippen LogP contribution in [0.4, 0.5) is 14.5 Å². The monoisotopic (exact) mass is 341 g/mol. The van der Waals surface area contributed by atoms with Crippen LogP contribution in [0, 0.1) is 17.2 Å². The number of halogens is 2. The fourth-order valence-corrected chi connectivity index (χ4v) is 2.92. The number of nitrogen functional groups attached to an aromatic ring is 1. The Morgan fingerprint density at radius 3 is 2.68 bits per heavy atom. The first kappa shape index (κ1) is 16.9. The van der Waals surface area contributed by atoms with Crippen molar-refractivity contribution in [2.24, 2.45) is 5.92 Å². The van der Waals surface area contributed by atoms with E-state index in [1.54, 1.807) is 41.1 Å². The Morgan fingerprint density at radius 1 is 1.20 bits per heavy atom. The normalized spacial score (nSPS) is 12.4. The van der Waals surface area contributed by atoms with E-state index in [-0.39, 0.29) is 6.54 Å². The second-order valence-corrected chi connectivity index (χ2v) is 5.94. The lowest BCUT2D eigenvalue weighted by Gasteiger charge is -2.14. The highest BCUT2D eigenvalue weighted by atomic mass is 19.3. The van der Waals surface area contributed by atoms with E-state index < -0.39 is 19.0 Å². The van der Waals surface area contributed by atoms with E-state index in [2.05, 4.69) is 6.07 Å². The molecule has 3 aromatic rings. The summed E-state index contributed by atoms with van der Waals surface area (Å²) in [7, 11) is 0. The molecule has 1 unspecified atom stereocenters. The number of hydrogen-bond donors (Lipinski definition) is 2. The highest BCUT2D eigenvalue weighted by Crippen LogP contribution is 2.33. The molecule has 3 rings (SSSR count). The molecule has 0 radical (unpaired) electrons. The van der Waals surface area contributed by atoms with Crippen molar-refractivity contribution in [2.45, 2.75) is 13.0 Å². The minimum atomic E-state index is -2.62. The van der Waals surface area contributed by atoms with Gasteiger partial charge in [-0.25, -0.2) is 8.78 Å². The molecule has 1 heterocycles. The largest absolute Gasteiger partial charge is 0.399 e. The number of aliphatic hydroxyl groups excluding tert-OH is 1. The van der Waals surface area contributed by atoms with E-state index in [0.29, 0.717) is 11.3 Å². The first-order valence-corrected chi connectivity index (χ1v) is 7.81. The maximum Gasteiger partial charge on any atom is 0.245 e. The summed E-state index contributed by atoms with van der Waals surface area (Å²) in [6.07, 6.45) is -0.847. The number of benzene rings is 2. The standard InChI is InChI=1S/C19H17F2N3O/c20-19(21)14(11-25)9-24-10-17(13-3-1-2-12(6-13)8-22)16-5-4-15(23)7-18(16)24/h1-7,10,14,19,25H,9,11,23H2. The van der Waals surface area contributed by atoms with Crippen molar-refractivity contribution < 1.29 is 13.9 Å². The molecule has 1 atom stereocenters. The van der Waals surface area contributed by atoms with Gasteiger partial charge in [-0.15, -0.1) is 0 Å². The molecule has 1 aromatic heterocycles. The number of nitrogens with zero attached hydrogens (tertiary/aromatic N) is 2. The predicted molar refractivity (Wildman–Crippen MR) is 93.1 cm³/mol. The summed E-state index contributed by atoms with van der Waals surface area (Å²) >= 11 is 0. The average molecular weight is 341 g/mol. The fourth-order valence-electron chi connectivity index (χ4n) is 2.92. The number of aliphatic hydroxyl groups is 1. The van der Waals surface area contributed by atoms with Crippen LogP contribution in [0.25, 0.3) is 22.0 Å². The van der Waals surface area contributed by atoms with Crippen LogP contribution < -0.4 is 5.73 Å². The molecule has 0 spiro atoms. The van der Waals surface area contributed by atoms with Gasteiger partial charge in [0.2, 0.25) is 6.43 Å². The third kappa shape index (κ3) is 3.32. The third-order valence-corrected chi connectivity index (χ3v) is 4.23. The van der Waals surface area contributed by atoms with Crippen LogP contribution in [0.15, 0.2) is 48.7 Å². The van der Waals surface area contributed by atoms with Crippen molar-refractivity contribution in [2.75, 3.05) is 12.3 Å². The molecule has 25 heavy (non-hydrogen) atoms. The quantitative estimate of drug-likeness (QED) is 0.696. The summed E-state index contributed by atoms with van der Waals surface area (Å²) < 4.78 is 27.8. The molecule has 0 aliphatic rings. The van der Waals surface area contributed by atoms with Crippen LogP contribution in [0.3, 0.4) is 0 Å². The lowest BCUT2D eigenvalue weighted by molar-refractivity contribution is 0.0330. The van der Waals surface area contributed by atoms with Crippen molar-refractivity contribution in [3.8, 4) is 17.2 Å². The molecule has 3 N–H and O–H groups in total. The Kier molecular flexibility index (Phi) is 4.68. The maximum atomic E-state index is 13.1. The first-order chi connectivity index (χ1) is 12.0. The number of aromatic nitrogens is 1. The van der Waals surface area contributed by atoms with Gasteiger partial charge in [-0.3, -0.25) is 0 Å². The molecule has 4 nitrogen and oxygen atoms in total. The van der Waals surface area contributed by atoms with Gasteiger partial charge in [0.15, 0.2) is 0 Å². The molecule has 2 aromatic carbocycles. The van der Waals surface area contributed by atoms with Crippen LogP contribution in [0.1, 0.15) is 5.56 Å². The van der Waals surface area contributed by atoms with Crippen LogP contribution in [-0.2, 0) is 6.54 Å². The van der Waals surface area contributed by atoms with Crippen LogP contribution in [0.5, 0.6) is 0 Å². The molecule has 0 fully saturated rings. The summed E-state index contributed by atoms with van der Waals surface area (Å²) in [4.78, 5) is 0. The lowest BCUT2D eigenvalue weighted by Crippen LogP contribution is -2.21. The Morgan fingerprint density at radius 2 is 2.00 bits per heavy atom. The molecule has 0 aliphatic heterocycles. The number of alkyl halides is 2. The fraction of sp³-hybridized carbons (Fsp3) is 0.211. The van der Waals surface area contributed by atoms with E-state index in [1.807, 2.05) is 12.1 Å². The van der Waals surface area contributed by atoms with E-state index >= 15 is 0 Å². The molecule has 0 bridgehead atoms. The summed E-state index contributed by atoms with van der Waals surface area (Å²) in [5, 5.41) is 19.2. The van der Waals surface area contributed by atoms with E-state index in [9.17, 15) is 13.9 Å². The Balaban J connectivity index is 2.15. The zero-order valence-corrected chi connectivity index (χ0v) is 13.4. The highest BCUT2D eigenvalue weighted by molar-refractivity contribution is 5.97. The molecule has 128 valence electrons. The topological polar surface area (TPSA) is 75.0 Å². The average Bonchev–Trinajstić information content (AvgIpc) is 2.97. The zero-order valence-electron chi connectivity index (χ0n) is 13.4. The molecular weight excluding hydrogens is 324 g/mol. The van der Waals surface area contributed by atoms with Crippen molar-refractivity contribution in [1.29, 1.82) is 5.26 Å². The molecule has 0 saturated heterocycles. The molecular formula is C19H17F2N3O. The van der Waals surface area contributed by atoms with E-state index in [4.69, 9.17) is 11.0 Å². The summed E-state index contributed by atoms with van der Waals surface area (Å²) in [6, 6.07) is 14.5. The highest BCUT2D eigenvalue weighted by Gasteiger charge is 2.21. The van der Waals surface area contributed by atoms with E-state index in [1.165, 1.54) is 0 Å². The van der Waals surface area contributed by atoms with Gasteiger partial charge in [0.1, 0.15) is 0 Å². The Bertz CT molecular complexity index is 943. The van der Waals surface area contributed by atoms with Gasteiger partial charge in [0, 0.05) is 29.4 Å². The van der Waals surface area contributed by atoms with Gasteiger partial charge < -0.3 is 15.4 Å². The number of rotatable bonds is 5. The van der Waals surface area contributed by atoms with Crippen molar-refractivity contribution in [3.63, 3.8) is 0 Å². The van der Waals surface area contributed by atoms with Gasteiger partial charge in [-0.1, -0.05) is 18.2 Å². The molecule has 0 saturated carbocycles.